The van der Waals surface area contributed by atoms with Gasteiger partial charge in [-0.25, -0.2) is 23.4 Å². The molecule has 8 nitrogen and oxygen atoms in total. The van der Waals surface area contributed by atoms with Crippen LogP contribution in [0.4, 0.5) is 49.4 Å². The van der Waals surface area contributed by atoms with E-state index in [0.717, 1.165) is 42.9 Å². The van der Waals surface area contributed by atoms with Gasteiger partial charge in [0.2, 0.25) is 0 Å². The van der Waals surface area contributed by atoms with Gasteiger partial charge in [0, 0.05) is 6.07 Å². The first-order valence-electron chi connectivity index (χ1n) is 9.72. The van der Waals surface area contributed by atoms with E-state index in [-0.39, 0.29) is 39.4 Å². The fraction of sp³-hybridized carbons (Fsp3) is 0.250. The Morgan fingerprint density at radius 1 is 0.914 bits per heavy atom. The van der Waals surface area contributed by atoms with E-state index >= 15 is 0 Å². The van der Waals surface area contributed by atoms with Gasteiger partial charge in [0.25, 0.3) is 0 Å². The van der Waals surface area contributed by atoms with Crippen LogP contribution >= 0.6 is 0 Å². The monoisotopic (exact) mass is 521 g/mol. The minimum atomic E-state index is -4.63. The van der Waals surface area contributed by atoms with Crippen molar-refractivity contribution >= 4 is 32.8 Å². The molecule has 0 bridgehead atoms. The lowest BCUT2D eigenvalue weighted by Crippen LogP contribution is -2.19. The van der Waals surface area contributed by atoms with E-state index in [9.17, 15) is 34.8 Å². The van der Waals surface area contributed by atoms with Gasteiger partial charge in [0.05, 0.1) is 28.2 Å². The number of hydrogen-bond acceptors (Lipinski definition) is 8. The van der Waals surface area contributed by atoms with E-state index in [1.54, 1.807) is 0 Å². The maximum absolute atomic E-state index is 12.7. The molecule has 0 saturated carbocycles. The van der Waals surface area contributed by atoms with Crippen molar-refractivity contribution in [3.63, 3.8) is 0 Å². The quantitative estimate of drug-likeness (QED) is 0.394. The minimum Gasteiger partial charge on any atom is -0.482 e. The Bertz CT molecular complexity index is 1280. The number of sulfone groups is 1. The smallest absolute Gasteiger partial charge is 0.433 e. The van der Waals surface area contributed by atoms with Gasteiger partial charge < -0.3 is 15.4 Å². The Labute approximate surface area is 195 Å². The summed E-state index contributed by atoms with van der Waals surface area (Å²) in [5.74, 6) is -0.375. The second-order valence-corrected chi connectivity index (χ2v) is 9.21. The number of nitrogens with one attached hydrogen (secondary N) is 2. The lowest BCUT2D eigenvalue weighted by Gasteiger charge is -2.16. The third-order valence-corrected chi connectivity index (χ3v) is 6.07. The summed E-state index contributed by atoms with van der Waals surface area (Å²) in [6, 6.07) is 6.52. The highest BCUT2D eigenvalue weighted by Crippen LogP contribution is 2.33. The van der Waals surface area contributed by atoms with Crippen molar-refractivity contribution in [3.05, 3.63) is 54.6 Å². The molecule has 0 saturated heterocycles. The maximum atomic E-state index is 12.7. The van der Waals surface area contributed by atoms with E-state index in [2.05, 4.69) is 25.6 Å². The molecule has 0 spiro atoms. The molecule has 15 heteroatoms. The first kappa shape index (κ1) is 26.0. The van der Waals surface area contributed by atoms with Crippen LogP contribution in [-0.2, 0) is 16.0 Å². The van der Waals surface area contributed by atoms with Crippen LogP contribution in [0.25, 0.3) is 0 Å². The van der Waals surface area contributed by atoms with Crippen LogP contribution in [0, 0.1) is 0 Å². The molecule has 2 heterocycles. The number of aromatic nitrogens is 3. The van der Waals surface area contributed by atoms with Crippen molar-refractivity contribution in [2.24, 2.45) is 0 Å². The Balaban J connectivity index is 1.87. The van der Waals surface area contributed by atoms with Gasteiger partial charge >= 0.3 is 12.4 Å². The Morgan fingerprint density at radius 3 is 2.17 bits per heavy atom. The van der Waals surface area contributed by atoms with Gasteiger partial charge in [-0.15, -0.1) is 0 Å². The van der Waals surface area contributed by atoms with Gasteiger partial charge in [-0.1, -0.05) is 6.92 Å². The molecule has 35 heavy (non-hydrogen) atoms. The number of rotatable bonds is 8. The molecule has 0 aliphatic rings. The van der Waals surface area contributed by atoms with E-state index in [4.69, 9.17) is 4.74 Å². The van der Waals surface area contributed by atoms with Gasteiger partial charge in [0.15, 0.2) is 16.4 Å². The fourth-order valence-electron chi connectivity index (χ4n) is 2.67. The van der Waals surface area contributed by atoms with Crippen LogP contribution in [0.5, 0.6) is 5.75 Å². The molecule has 0 fully saturated rings. The normalized spacial score (nSPS) is 12.3. The lowest BCUT2D eigenvalue weighted by atomic mass is 10.3. The molecule has 0 aliphatic heterocycles. The minimum absolute atomic E-state index is 0.0327. The first-order chi connectivity index (χ1) is 16.3. The molecule has 2 aromatic heterocycles. The van der Waals surface area contributed by atoms with Crippen LogP contribution < -0.4 is 15.4 Å². The largest absolute Gasteiger partial charge is 0.482 e. The zero-order chi connectivity index (χ0) is 25.9. The molecule has 0 amide bonds. The molecular formula is C20H17F6N5O3S. The summed E-state index contributed by atoms with van der Waals surface area (Å²) in [6.45, 7) is -0.200. The summed E-state index contributed by atoms with van der Waals surface area (Å²) >= 11 is 0. The molecule has 0 atom stereocenters. The first-order valence-corrected chi connectivity index (χ1v) is 11.4. The highest BCUT2D eigenvalue weighted by Gasteiger charge is 2.32. The lowest BCUT2D eigenvalue weighted by molar-refractivity contribution is -0.153. The maximum Gasteiger partial charge on any atom is 0.433 e. The van der Waals surface area contributed by atoms with Crippen LogP contribution in [-0.4, -0.2) is 41.9 Å². The van der Waals surface area contributed by atoms with E-state index in [0.29, 0.717) is 0 Å². The second-order valence-electron chi connectivity index (χ2n) is 6.93. The van der Waals surface area contributed by atoms with E-state index < -0.39 is 34.5 Å². The second kappa shape index (κ2) is 9.93. The Morgan fingerprint density at radius 2 is 1.60 bits per heavy atom. The topological polar surface area (TPSA) is 106 Å². The van der Waals surface area contributed by atoms with Crippen LogP contribution in [0.3, 0.4) is 0 Å². The highest BCUT2D eigenvalue weighted by atomic mass is 32.2. The third-order valence-electron chi connectivity index (χ3n) is 4.34. The number of halogens is 6. The van der Waals surface area contributed by atoms with Crippen molar-refractivity contribution in [2.45, 2.75) is 24.2 Å². The molecule has 3 rings (SSSR count). The molecule has 0 aliphatic carbocycles. The number of hydrogen-bond donors (Lipinski definition) is 2. The predicted octanol–water partition coefficient (Wildman–Crippen LogP) is 5.11. The summed E-state index contributed by atoms with van der Waals surface area (Å²) in [4.78, 5) is 11.0. The molecule has 0 unspecified atom stereocenters. The summed E-state index contributed by atoms with van der Waals surface area (Å²) in [6.07, 6.45) is -7.21. The molecule has 0 radical (unpaired) electrons. The van der Waals surface area contributed by atoms with Gasteiger partial charge in [0.1, 0.15) is 29.4 Å². The summed E-state index contributed by atoms with van der Waals surface area (Å²) < 4.78 is 105. The van der Waals surface area contributed by atoms with Gasteiger partial charge in [-0.2, -0.15) is 26.3 Å². The summed E-state index contributed by atoms with van der Waals surface area (Å²) in [5.41, 5.74) is -1.01. The number of alkyl halides is 6. The zero-order valence-electron chi connectivity index (χ0n) is 17.8. The zero-order valence-corrected chi connectivity index (χ0v) is 18.6. The van der Waals surface area contributed by atoms with Crippen molar-refractivity contribution in [2.75, 3.05) is 23.0 Å². The summed E-state index contributed by atoms with van der Waals surface area (Å²) in [5, 5.41) is 5.40. The molecule has 3 aromatic rings. The highest BCUT2D eigenvalue weighted by molar-refractivity contribution is 7.91. The number of nitrogens with zero attached hydrogens (tertiary/aromatic N) is 3. The van der Waals surface area contributed by atoms with Crippen molar-refractivity contribution < 1.29 is 39.5 Å². The Hall–Kier alpha value is -3.62. The SMILES string of the molecule is CCS(=O)(=O)c1ccc(OCC(F)(F)F)c(Nc2cc(Nc3ccc(C(F)(F)F)nc3)ncn2)c1. The van der Waals surface area contributed by atoms with Crippen LogP contribution in [0.1, 0.15) is 12.6 Å². The number of pyridine rings is 1. The van der Waals surface area contributed by atoms with Gasteiger partial charge in [-0.05, 0) is 30.3 Å². The van der Waals surface area contributed by atoms with E-state index in [1.165, 1.54) is 13.0 Å². The molecular weight excluding hydrogens is 504 g/mol. The number of ether oxygens (including phenoxy) is 1. The average Bonchev–Trinajstić information content (AvgIpc) is 2.77. The predicted molar refractivity (Wildman–Crippen MR) is 114 cm³/mol. The molecule has 188 valence electrons. The standard InChI is InChI=1S/C20H17F6N5O3S/c1-2-35(32,33)13-4-5-15(34-10-19(21,22)23)14(7-13)31-18-8-17(28-11-29-18)30-12-3-6-16(27-9-12)20(24,25)26/h3-9,11H,2,10H2,1H3,(H2,28,29,30,31). The molecule has 2 N–H and O–H groups in total. The van der Waals surface area contributed by atoms with E-state index in [1.807, 2.05) is 0 Å². The van der Waals surface area contributed by atoms with Crippen molar-refractivity contribution in [1.29, 1.82) is 0 Å². The van der Waals surface area contributed by atoms with Crippen molar-refractivity contribution in [3.8, 4) is 5.75 Å². The molecule has 1 aromatic carbocycles. The van der Waals surface area contributed by atoms with Crippen molar-refractivity contribution in [1.82, 2.24) is 15.0 Å². The average molecular weight is 521 g/mol. The summed E-state index contributed by atoms with van der Waals surface area (Å²) in [7, 11) is -3.69. The third kappa shape index (κ3) is 7.18. The van der Waals surface area contributed by atoms with Gasteiger partial charge in [-0.3, -0.25) is 0 Å². The Kier molecular flexibility index (Phi) is 7.38. The van der Waals surface area contributed by atoms with Crippen LogP contribution in [0.15, 0.2) is 53.8 Å². The number of benzene rings is 1. The fourth-order valence-corrected chi connectivity index (χ4v) is 3.57. The number of anilines is 4. The van der Waals surface area contributed by atoms with Crippen LogP contribution in [0.2, 0.25) is 0 Å².